The molecule has 1 saturated carbocycles. The van der Waals surface area contributed by atoms with Crippen LogP contribution in [-0.4, -0.2) is 53.7 Å². The second kappa shape index (κ2) is 10.8. The molecule has 2 aromatic carbocycles. The van der Waals surface area contributed by atoms with Gasteiger partial charge in [-0.1, -0.05) is 6.07 Å². The summed E-state index contributed by atoms with van der Waals surface area (Å²) in [6, 6.07) is 11.8. The molecule has 0 spiro atoms. The quantitative estimate of drug-likeness (QED) is 0.215. The van der Waals surface area contributed by atoms with Crippen molar-refractivity contribution in [2.24, 2.45) is 5.92 Å². The summed E-state index contributed by atoms with van der Waals surface area (Å²) in [5.74, 6) is -1.95. The third-order valence-electron chi connectivity index (χ3n) is 6.32. The van der Waals surface area contributed by atoms with Crippen molar-refractivity contribution in [3.8, 4) is 0 Å². The predicted molar refractivity (Wildman–Crippen MR) is 140 cm³/mol. The van der Waals surface area contributed by atoms with Gasteiger partial charge in [-0.05, 0) is 56.0 Å². The molecule has 0 saturated heterocycles. The van der Waals surface area contributed by atoms with Gasteiger partial charge in [0.25, 0.3) is 0 Å². The number of hydrogen-bond donors (Lipinski definition) is 3. The first kappa shape index (κ1) is 26.8. The van der Waals surface area contributed by atoms with Gasteiger partial charge in [-0.25, -0.2) is 14.2 Å². The van der Waals surface area contributed by atoms with Crippen LogP contribution in [0.4, 0.5) is 40.7 Å². The van der Waals surface area contributed by atoms with Crippen LogP contribution in [0.2, 0.25) is 0 Å². The number of carbonyl (C=O) groups is 1. The van der Waals surface area contributed by atoms with E-state index >= 15 is 0 Å². The summed E-state index contributed by atoms with van der Waals surface area (Å²) in [5.41, 5.74) is 3.65. The molecule has 5 aromatic rings. The number of alkyl halides is 3. The van der Waals surface area contributed by atoms with Crippen LogP contribution in [0.1, 0.15) is 19.8 Å². The zero-order valence-electron chi connectivity index (χ0n) is 21.2. The molecular weight excluding hydrogens is 532 g/mol. The lowest BCUT2D eigenvalue weighted by Gasteiger charge is -2.23. The van der Waals surface area contributed by atoms with Gasteiger partial charge in [-0.15, -0.1) is 0 Å². The highest BCUT2D eigenvalue weighted by Crippen LogP contribution is 2.33. The smallest absolute Gasteiger partial charge is 0.475 e. The zero-order valence-corrected chi connectivity index (χ0v) is 21.2. The standard InChI is InChI=1S/C24H23FN8.C2HF3O2/c1-2-32(22-5-3-4-20-18(22)12-27-31-20)23-19(25)13-26-24(30-23)29-17-8-9-21-16(10-17)11-28-33(21)14-15-6-7-15;3-2(4,5)1(6)7/h3-5,8-13,15H,2,6-7,14H2,1H3,(H,27,31)(H,26,29,30);(H,6,7). The number of rotatable bonds is 7. The number of anilines is 4. The van der Waals surface area contributed by atoms with E-state index in [0.717, 1.165) is 45.6 Å². The minimum Gasteiger partial charge on any atom is -0.475 e. The van der Waals surface area contributed by atoms with Crippen molar-refractivity contribution in [3.63, 3.8) is 0 Å². The number of H-pyrrole nitrogens is 1. The summed E-state index contributed by atoms with van der Waals surface area (Å²) < 4.78 is 48.7. The van der Waals surface area contributed by atoms with E-state index in [-0.39, 0.29) is 5.82 Å². The molecule has 0 atom stereocenters. The fraction of sp³-hybridized carbons (Fsp3) is 0.269. The molecule has 40 heavy (non-hydrogen) atoms. The molecule has 10 nitrogen and oxygen atoms in total. The Balaban J connectivity index is 0.000000411. The maximum absolute atomic E-state index is 14.8. The molecule has 0 unspecified atom stereocenters. The summed E-state index contributed by atoms with van der Waals surface area (Å²) >= 11 is 0. The third-order valence-corrected chi connectivity index (χ3v) is 6.32. The first-order chi connectivity index (χ1) is 19.1. The molecule has 14 heteroatoms. The van der Waals surface area contributed by atoms with E-state index in [0.29, 0.717) is 12.5 Å². The highest BCUT2D eigenvalue weighted by molar-refractivity contribution is 5.93. The number of aromatic nitrogens is 6. The Bertz CT molecular complexity index is 1660. The monoisotopic (exact) mass is 556 g/mol. The number of aromatic amines is 1. The van der Waals surface area contributed by atoms with Crippen LogP contribution in [-0.2, 0) is 11.3 Å². The molecule has 3 aromatic heterocycles. The van der Waals surface area contributed by atoms with Crippen LogP contribution >= 0.6 is 0 Å². The fourth-order valence-electron chi connectivity index (χ4n) is 4.21. The van der Waals surface area contributed by atoms with Crippen molar-refractivity contribution in [2.75, 3.05) is 16.8 Å². The lowest BCUT2D eigenvalue weighted by molar-refractivity contribution is -0.192. The Morgan fingerprint density at radius 2 is 1.98 bits per heavy atom. The van der Waals surface area contributed by atoms with E-state index in [9.17, 15) is 17.6 Å². The molecule has 0 bridgehead atoms. The van der Waals surface area contributed by atoms with Gasteiger partial charge in [-0.2, -0.15) is 28.4 Å². The van der Waals surface area contributed by atoms with Crippen LogP contribution in [0.25, 0.3) is 21.8 Å². The van der Waals surface area contributed by atoms with Gasteiger partial charge in [0, 0.05) is 29.5 Å². The van der Waals surface area contributed by atoms with Crippen LogP contribution in [0.5, 0.6) is 0 Å². The van der Waals surface area contributed by atoms with Gasteiger partial charge in [0.1, 0.15) is 0 Å². The summed E-state index contributed by atoms with van der Waals surface area (Å²) in [4.78, 5) is 19.4. The highest BCUT2D eigenvalue weighted by Gasteiger charge is 2.38. The van der Waals surface area contributed by atoms with Gasteiger partial charge >= 0.3 is 12.1 Å². The van der Waals surface area contributed by atoms with Crippen molar-refractivity contribution in [1.82, 2.24) is 29.9 Å². The van der Waals surface area contributed by atoms with Gasteiger partial charge in [-0.3, -0.25) is 9.78 Å². The topological polar surface area (TPSA) is 125 Å². The van der Waals surface area contributed by atoms with Crippen molar-refractivity contribution in [2.45, 2.75) is 32.5 Å². The first-order valence-electron chi connectivity index (χ1n) is 12.4. The second-order valence-corrected chi connectivity index (χ2v) is 9.19. The Morgan fingerprint density at radius 3 is 2.67 bits per heavy atom. The molecule has 3 heterocycles. The number of benzene rings is 2. The number of carboxylic acids is 1. The van der Waals surface area contributed by atoms with Gasteiger partial charge in [0.2, 0.25) is 5.95 Å². The van der Waals surface area contributed by atoms with E-state index in [4.69, 9.17) is 9.90 Å². The lowest BCUT2D eigenvalue weighted by Crippen LogP contribution is -2.21. The number of fused-ring (bicyclic) bond motifs is 2. The summed E-state index contributed by atoms with van der Waals surface area (Å²) in [7, 11) is 0. The molecule has 1 aliphatic carbocycles. The number of carboxylic acid groups (broad SMARTS) is 1. The van der Waals surface area contributed by atoms with Crippen LogP contribution in [0, 0.1) is 11.7 Å². The largest absolute Gasteiger partial charge is 0.490 e. The highest BCUT2D eigenvalue weighted by atomic mass is 19.4. The molecule has 6 rings (SSSR count). The Kier molecular flexibility index (Phi) is 7.24. The lowest BCUT2D eigenvalue weighted by atomic mass is 10.2. The average Bonchev–Trinajstić information content (AvgIpc) is 3.45. The normalized spacial score (nSPS) is 13.2. The Morgan fingerprint density at radius 1 is 1.20 bits per heavy atom. The molecule has 1 aliphatic rings. The minimum atomic E-state index is -5.08. The number of hydrogen-bond acceptors (Lipinski definition) is 7. The number of aliphatic carboxylic acids is 1. The van der Waals surface area contributed by atoms with Gasteiger partial charge < -0.3 is 15.3 Å². The van der Waals surface area contributed by atoms with E-state index in [2.05, 4.69) is 41.3 Å². The third kappa shape index (κ3) is 5.80. The number of nitrogens with zero attached hydrogens (tertiary/aromatic N) is 6. The van der Waals surface area contributed by atoms with Gasteiger partial charge in [0.15, 0.2) is 11.6 Å². The summed E-state index contributed by atoms with van der Waals surface area (Å²) in [5, 5.41) is 23.9. The van der Waals surface area contributed by atoms with Gasteiger partial charge in [0.05, 0.1) is 35.3 Å². The minimum absolute atomic E-state index is 0.210. The molecule has 1 fully saturated rings. The molecule has 0 aliphatic heterocycles. The molecular formula is C26H24F4N8O2. The maximum Gasteiger partial charge on any atom is 0.490 e. The van der Waals surface area contributed by atoms with Crippen molar-refractivity contribution >= 4 is 50.9 Å². The predicted octanol–water partition coefficient (Wildman–Crippen LogP) is 5.79. The van der Waals surface area contributed by atoms with E-state index in [1.165, 1.54) is 19.0 Å². The Hall–Kier alpha value is -4.75. The van der Waals surface area contributed by atoms with E-state index in [1.54, 1.807) is 6.20 Å². The Labute approximate surface area is 224 Å². The SMILES string of the molecule is CCN(c1nc(Nc2ccc3c(cnn3CC3CC3)c2)ncc1F)c1cccc2[nH]ncc12.O=C(O)C(F)(F)F. The average molecular weight is 557 g/mol. The van der Waals surface area contributed by atoms with E-state index in [1.807, 2.05) is 48.4 Å². The second-order valence-electron chi connectivity index (χ2n) is 9.19. The van der Waals surface area contributed by atoms with Crippen molar-refractivity contribution in [1.29, 1.82) is 0 Å². The molecule has 208 valence electrons. The number of nitrogens with one attached hydrogen (secondary N) is 2. The zero-order chi connectivity index (χ0) is 28.4. The van der Waals surface area contributed by atoms with Crippen molar-refractivity contribution in [3.05, 3.63) is 60.8 Å². The van der Waals surface area contributed by atoms with E-state index < -0.39 is 18.0 Å². The maximum atomic E-state index is 14.8. The summed E-state index contributed by atoms with van der Waals surface area (Å²) in [6.07, 6.45) is 2.31. The molecule has 0 amide bonds. The van der Waals surface area contributed by atoms with Crippen LogP contribution in [0.15, 0.2) is 55.0 Å². The van der Waals surface area contributed by atoms with Crippen molar-refractivity contribution < 1.29 is 27.5 Å². The fourth-order valence-corrected chi connectivity index (χ4v) is 4.21. The first-order valence-corrected chi connectivity index (χ1v) is 12.4. The van der Waals surface area contributed by atoms with Crippen LogP contribution < -0.4 is 10.2 Å². The number of halogens is 4. The molecule has 0 radical (unpaired) electrons. The summed E-state index contributed by atoms with van der Waals surface area (Å²) in [6.45, 7) is 3.46. The molecule has 3 N–H and O–H groups in total. The van der Waals surface area contributed by atoms with Crippen LogP contribution in [0.3, 0.4) is 0 Å².